The molecule has 132 valence electrons. The van der Waals surface area contributed by atoms with E-state index < -0.39 is 0 Å². The molecule has 0 aromatic heterocycles. The zero-order valence-electron chi connectivity index (χ0n) is 14.9. The van der Waals surface area contributed by atoms with Crippen molar-refractivity contribution in [2.24, 2.45) is 0 Å². The Morgan fingerprint density at radius 3 is 2.28 bits per heavy atom. The molecule has 1 amide bonds. The Hall–Kier alpha value is -2.33. The van der Waals surface area contributed by atoms with Gasteiger partial charge in [0.1, 0.15) is 0 Å². The van der Waals surface area contributed by atoms with Crippen LogP contribution in [0, 0.1) is 6.92 Å². The van der Waals surface area contributed by atoms with E-state index in [-0.39, 0.29) is 18.1 Å². The molecule has 1 aliphatic heterocycles. The molecule has 0 bridgehead atoms. The zero-order chi connectivity index (χ0) is 17.8. The summed E-state index contributed by atoms with van der Waals surface area (Å²) in [4.78, 5) is 14.7. The van der Waals surface area contributed by atoms with Crippen LogP contribution in [0.4, 0.5) is 5.69 Å². The van der Waals surface area contributed by atoms with Crippen LogP contribution in [-0.2, 0) is 0 Å². The Morgan fingerprint density at radius 1 is 1.08 bits per heavy atom. The highest BCUT2D eigenvalue weighted by molar-refractivity contribution is 5.94. The zero-order valence-corrected chi connectivity index (χ0v) is 14.9. The third-order valence-corrected chi connectivity index (χ3v) is 4.88. The molecule has 1 fully saturated rings. The van der Waals surface area contributed by atoms with Gasteiger partial charge in [-0.1, -0.05) is 29.8 Å². The van der Waals surface area contributed by atoms with Gasteiger partial charge in [-0.05, 0) is 56.5 Å². The third kappa shape index (κ3) is 4.40. The molecule has 1 heterocycles. The summed E-state index contributed by atoms with van der Waals surface area (Å²) in [7, 11) is 0. The number of carbonyl (C=O) groups excluding carboxylic acids is 1. The lowest BCUT2D eigenvalue weighted by Crippen LogP contribution is -2.35. The summed E-state index contributed by atoms with van der Waals surface area (Å²) >= 11 is 0. The van der Waals surface area contributed by atoms with Crippen molar-refractivity contribution in [1.82, 2.24) is 5.32 Å². The van der Waals surface area contributed by atoms with Gasteiger partial charge in [-0.3, -0.25) is 4.79 Å². The SMILES string of the molecule is Cc1ccc(C(C)NC(=O)c2ccc(N3CCC(O)CC3)cc2)cc1. The van der Waals surface area contributed by atoms with Gasteiger partial charge in [-0.15, -0.1) is 0 Å². The monoisotopic (exact) mass is 338 g/mol. The van der Waals surface area contributed by atoms with Gasteiger partial charge in [-0.25, -0.2) is 0 Å². The van der Waals surface area contributed by atoms with Gasteiger partial charge in [0.15, 0.2) is 0 Å². The molecule has 1 atom stereocenters. The molecule has 0 aliphatic carbocycles. The summed E-state index contributed by atoms with van der Waals surface area (Å²) in [6.45, 7) is 5.77. The number of nitrogens with zero attached hydrogens (tertiary/aromatic N) is 1. The normalized spacial score (nSPS) is 16.5. The van der Waals surface area contributed by atoms with Crippen molar-refractivity contribution >= 4 is 11.6 Å². The number of benzene rings is 2. The number of rotatable bonds is 4. The van der Waals surface area contributed by atoms with Gasteiger partial charge in [0.25, 0.3) is 5.91 Å². The summed E-state index contributed by atoms with van der Waals surface area (Å²) in [5.41, 5.74) is 4.08. The number of piperidine rings is 1. The fourth-order valence-electron chi connectivity index (χ4n) is 3.17. The lowest BCUT2D eigenvalue weighted by Gasteiger charge is -2.31. The van der Waals surface area contributed by atoms with Crippen LogP contribution in [0.15, 0.2) is 48.5 Å². The van der Waals surface area contributed by atoms with Crippen molar-refractivity contribution in [3.63, 3.8) is 0 Å². The van der Waals surface area contributed by atoms with Gasteiger partial charge in [0, 0.05) is 24.3 Å². The van der Waals surface area contributed by atoms with Crippen LogP contribution in [0.5, 0.6) is 0 Å². The van der Waals surface area contributed by atoms with Crippen LogP contribution in [0.2, 0.25) is 0 Å². The molecule has 2 aromatic carbocycles. The maximum atomic E-state index is 12.5. The number of hydrogen-bond acceptors (Lipinski definition) is 3. The predicted octanol–water partition coefficient (Wildman–Crippen LogP) is 3.45. The Bertz CT molecular complexity index is 702. The molecular formula is C21H26N2O2. The molecular weight excluding hydrogens is 312 g/mol. The molecule has 4 heteroatoms. The van der Waals surface area contributed by atoms with E-state index in [2.05, 4.69) is 29.3 Å². The van der Waals surface area contributed by atoms with Gasteiger partial charge in [-0.2, -0.15) is 0 Å². The maximum absolute atomic E-state index is 12.5. The molecule has 0 spiro atoms. The second-order valence-corrected chi connectivity index (χ2v) is 6.87. The average Bonchev–Trinajstić information content (AvgIpc) is 2.63. The Kier molecular flexibility index (Phi) is 5.39. The minimum absolute atomic E-state index is 0.0311. The first-order valence-electron chi connectivity index (χ1n) is 8.93. The number of aliphatic hydroxyl groups is 1. The van der Waals surface area contributed by atoms with Crippen molar-refractivity contribution in [2.45, 2.75) is 38.8 Å². The van der Waals surface area contributed by atoms with Gasteiger partial charge < -0.3 is 15.3 Å². The molecule has 2 aromatic rings. The lowest BCUT2D eigenvalue weighted by atomic mass is 10.1. The summed E-state index contributed by atoms with van der Waals surface area (Å²) in [5.74, 6) is -0.0614. The standard InChI is InChI=1S/C21H26N2O2/c1-15-3-5-17(6-4-15)16(2)22-21(25)18-7-9-19(10-8-18)23-13-11-20(24)12-14-23/h3-10,16,20,24H,11-14H2,1-2H3,(H,22,25). The molecule has 1 saturated heterocycles. The van der Waals surface area contributed by atoms with E-state index in [9.17, 15) is 9.90 Å². The first-order valence-corrected chi connectivity index (χ1v) is 8.93. The van der Waals surface area contributed by atoms with Crippen molar-refractivity contribution < 1.29 is 9.90 Å². The quantitative estimate of drug-likeness (QED) is 0.898. The number of aliphatic hydroxyl groups excluding tert-OH is 1. The van der Waals surface area contributed by atoms with Crippen LogP contribution in [-0.4, -0.2) is 30.2 Å². The first kappa shape index (κ1) is 17.5. The summed E-state index contributed by atoms with van der Waals surface area (Å²) in [5, 5.41) is 12.7. The molecule has 4 nitrogen and oxygen atoms in total. The van der Waals surface area contributed by atoms with Crippen molar-refractivity contribution in [3.05, 3.63) is 65.2 Å². The molecule has 1 aliphatic rings. The molecule has 0 radical (unpaired) electrons. The van der Waals surface area contributed by atoms with E-state index in [0.717, 1.165) is 37.2 Å². The van der Waals surface area contributed by atoms with Gasteiger partial charge in [0.2, 0.25) is 0 Å². The van der Waals surface area contributed by atoms with Crippen molar-refractivity contribution in [1.29, 1.82) is 0 Å². The molecule has 1 unspecified atom stereocenters. The number of anilines is 1. The van der Waals surface area contributed by atoms with Crippen LogP contribution in [0.1, 0.15) is 47.3 Å². The molecule has 3 rings (SSSR count). The van der Waals surface area contributed by atoms with E-state index in [4.69, 9.17) is 0 Å². The maximum Gasteiger partial charge on any atom is 0.251 e. The highest BCUT2D eigenvalue weighted by Gasteiger charge is 2.18. The van der Waals surface area contributed by atoms with Crippen LogP contribution < -0.4 is 10.2 Å². The smallest absolute Gasteiger partial charge is 0.251 e. The van der Waals surface area contributed by atoms with Crippen molar-refractivity contribution in [3.8, 4) is 0 Å². The van der Waals surface area contributed by atoms with E-state index in [0.29, 0.717) is 5.56 Å². The highest BCUT2D eigenvalue weighted by atomic mass is 16.3. The Morgan fingerprint density at radius 2 is 1.68 bits per heavy atom. The van der Waals surface area contributed by atoms with E-state index in [1.165, 1.54) is 5.56 Å². The predicted molar refractivity (Wildman–Crippen MR) is 101 cm³/mol. The first-order chi connectivity index (χ1) is 12.0. The second kappa shape index (κ2) is 7.70. The number of aryl methyl sites for hydroxylation is 1. The topological polar surface area (TPSA) is 52.6 Å². The molecule has 25 heavy (non-hydrogen) atoms. The fraction of sp³-hybridized carbons (Fsp3) is 0.381. The van der Waals surface area contributed by atoms with Crippen molar-refractivity contribution in [2.75, 3.05) is 18.0 Å². The summed E-state index contributed by atoms with van der Waals surface area (Å²) in [6, 6.07) is 15.9. The van der Waals surface area contributed by atoms with E-state index >= 15 is 0 Å². The molecule has 0 saturated carbocycles. The second-order valence-electron chi connectivity index (χ2n) is 6.87. The Labute approximate surface area is 149 Å². The average molecular weight is 338 g/mol. The lowest BCUT2D eigenvalue weighted by molar-refractivity contribution is 0.0940. The largest absolute Gasteiger partial charge is 0.393 e. The van der Waals surface area contributed by atoms with Crippen LogP contribution in [0.3, 0.4) is 0 Å². The number of nitrogens with one attached hydrogen (secondary N) is 1. The minimum Gasteiger partial charge on any atom is -0.393 e. The highest BCUT2D eigenvalue weighted by Crippen LogP contribution is 2.21. The minimum atomic E-state index is -0.176. The third-order valence-electron chi connectivity index (χ3n) is 4.88. The van der Waals surface area contributed by atoms with E-state index in [1.54, 1.807) is 0 Å². The van der Waals surface area contributed by atoms with Crippen LogP contribution >= 0.6 is 0 Å². The number of carbonyl (C=O) groups is 1. The number of hydrogen-bond donors (Lipinski definition) is 2. The number of amides is 1. The molecule has 2 N–H and O–H groups in total. The van der Waals surface area contributed by atoms with Crippen LogP contribution in [0.25, 0.3) is 0 Å². The van der Waals surface area contributed by atoms with E-state index in [1.807, 2.05) is 43.3 Å². The van der Waals surface area contributed by atoms with Gasteiger partial charge in [0.05, 0.1) is 12.1 Å². The van der Waals surface area contributed by atoms with Gasteiger partial charge >= 0.3 is 0 Å². The summed E-state index contributed by atoms with van der Waals surface area (Å²) in [6.07, 6.45) is 1.43. The fourth-order valence-corrected chi connectivity index (χ4v) is 3.17. The Balaban J connectivity index is 1.61. The summed E-state index contributed by atoms with van der Waals surface area (Å²) < 4.78 is 0.